The van der Waals surface area contributed by atoms with Gasteiger partial charge in [-0.3, -0.25) is 4.79 Å². The van der Waals surface area contributed by atoms with Gasteiger partial charge in [0.15, 0.2) is 30.2 Å². The van der Waals surface area contributed by atoms with Crippen LogP contribution in [-0.2, 0) is 25.5 Å². The van der Waals surface area contributed by atoms with Gasteiger partial charge in [0.1, 0.15) is 6.23 Å². The van der Waals surface area contributed by atoms with Crippen LogP contribution in [0.3, 0.4) is 0 Å². The molecule has 2 atom stereocenters. The number of nitrogens with one attached hydrogen (secondary N) is 4. The molecule has 254 valence electrons. The van der Waals surface area contributed by atoms with Gasteiger partial charge in [-0.25, -0.2) is 4.68 Å². The minimum absolute atomic E-state index is 0.0114. The van der Waals surface area contributed by atoms with Crippen molar-refractivity contribution in [2.45, 2.75) is 77.5 Å². The average molecular weight is 670 g/mol. The molecule has 0 saturated carbocycles. The summed E-state index contributed by atoms with van der Waals surface area (Å²) in [6, 6.07) is 9.03. The molecule has 5 rings (SSSR count). The van der Waals surface area contributed by atoms with E-state index < -0.39 is 0 Å². The lowest BCUT2D eigenvalue weighted by Crippen LogP contribution is -2.34. The first-order valence-electron chi connectivity index (χ1n) is 16.1. The van der Waals surface area contributed by atoms with Crippen LogP contribution in [0.4, 0.5) is 17.3 Å². The van der Waals surface area contributed by atoms with Crippen LogP contribution < -0.4 is 25.4 Å². The Kier molecular flexibility index (Phi) is 12.3. The summed E-state index contributed by atoms with van der Waals surface area (Å²) in [6.07, 6.45) is 6.85. The van der Waals surface area contributed by atoms with Gasteiger partial charge >= 0.3 is 0 Å². The van der Waals surface area contributed by atoms with Crippen LogP contribution in [0.15, 0.2) is 30.3 Å². The van der Waals surface area contributed by atoms with Crippen molar-refractivity contribution >= 4 is 41.0 Å². The highest BCUT2D eigenvalue weighted by Crippen LogP contribution is 2.35. The minimum Gasteiger partial charge on any atom is -0.493 e. The Balaban J connectivity index is 1.38. The van der Waals surface area contributed by atoms with Gasteiger partial charge in [-0.1, -0.05) is 11.6 Å². The number of halogens is 1. The zero-order valence-electron chi connectivity index (χ0n) is 27.1. The van der Waals surface area contributed by atoms with E-state index in [0.717, 1.165) is 44.2 Å². The van der Waals surface area contributed by atoms with Gasteiger partial charge in [0, 0.05) is 42.3 Å². The second kappa shape index (κ2) is 16.8. The molecular weight excluding hydrogens is 626 g/mol. The summed E-state index contributed by atoms with van der Waals surface area (Å²) < 4.78 is 30.6. The lowest BCUT2D eigenvalue weighted by Gasteiger charge is -2.25. The SMILES string of the molecule is COc1cc(-c2nc(Nc3ccc(NC4CCCCO4)c(C=N)c3Cl)n(CCOC3CCCCO3)n2)ccc1OCC(=O)NC(C)C. The first kappa shape index (κ1) is 34.4. The number of nitrogens with zero attached hydrogens (tertiary/aromatic N) is 3. The Morgan fingerprint density at radius 2 is 1.89 bits per heavy atom. The summed E-state index contributed by atoms with van der Waals surface area (Å²) in [5, 5.41) is 22.7. The van der Waals surface area contributed by atoms with Crippen LogP contribution in [0, 0.1) is 5.41 Å². The van der Waals surface area contributed by atoms with Crippen molar-refractivity contribution in [1.29, 1.82) is 5.41 Å². The number of aromatic nitrogens is 3. The Morgan fingerprint density at radius 1 is 1.11 bits per heavy atom. The molecule has 3 aromatic rings. The molecule has 2 aliphatic rings. The number of carbonyl (C=O) groups excluding carboxylic acids is 1. The van der Waals surface area contributed by atoms with E-state index in [1.165, 1.54) is 13.3 Å². The predicted octanol–water partition coefficient (Wildman–Crippen LogP) is 5.73. The Bertz CT molecular complexity index is 1500. The van der Waals surface area contributed by atoms with E-state index in [1.807, 2.05) is 32.0 Å². The molecule has 0 aliphatic carbocycles. The van der Waals surface area contributed by atoms with Gasteiger partial charge in [-0.15, -0.1) is 5.10 Å². The molecule has 0 radical (unpaired) electrons. The molecule has 1 aromatic heterocycles. The Hall–Kier alpha value is -3.91. The third-order valence-electron chi connectivity index (χ3n) is 7.71. The maximum atomic E-state index is 12.1. The molecule has 2 fully saturated rings. The van der Waals surface area contributed by atoms with Crippen LogP contribution in [0.1, 0.15) is 57.9 Å². The van der Waals surface area contributed by atoms with Crippen molar-refractivity contribution in [2.24, 2.45) is 0 Å². The molecule has 13 nitrogen and oxygen atoms in total. The van der Waals surface area contributed by atoms with E-state index in [9.17, 15) is 4.79 Å². The summed E-state index contributed by atoms with van der Waals surface area (Å²) in [5.74, 6) is 1.50. The fraction of sp³-hybridized carbons (Fsp3) is 0.515. The lowest BCUT2D eigenvalue weighted by atomic mass is 10.1. The van der Waals surface area contributed by atoms with Gasteiger partial charge in [0.05, 0.1) is 31.0 Å². The van der Waals surface area contributed by atoms with Crippen LogP contribution >= 0.6 is 11.6 Å². The number of rotatable bonds is 15. The Morgan fingerprint density at radius 3 is 2.60 bits per heavy atom. The predicted molar refractivity (Wildman–Crippen MR) is 180 cm³/mol. The molecule has 2 aliphatic heterocycles. The quantitative estimate of drug-likeness (QED) is 0.147. The van der Waals surface area contributed by atoms with Gasteiger partial charge in [-0.2, -0.15) is 4.98 Å². The highest BCUT2D eigenvalue weighted by molar-refractivity contribution is 6.36. The fourth-order valence-corrected chi connectivity index (χ4v) is 5.63. The van der Waals surface area contributed by atoms with Crippen LogP contribution in [0.2, 0.25) is 5.02 Å². The minimum atomic E-state index is -0.236. The average Bonchev–Trinajstić information content (AvgIpc) is 3.48. The van der Waals surface area contributed by atoms with Crippen LogP contribution in [-0.4, -0.2) is 79.0 Å². The monoisotopic (exact) mass is 669 g/mol. The molecule has 2 saturated heterocycles. The topological polar surface area (TPSA) is 154 Å². The van der Waals surface area contributed by atoms with Crippen molar-refractivity contribution in [2.75, 3.05) is 44.2 Å². The van der Waals surface area contributed by atoms with Gasteiger partial charge in [0.2, 0.25) is 5.95 Å². The number of ether oxygens (including phenoxy) is 5. The lowest BCUT2D eigenvalue weighted by molar-refractivity contribution is -0.163. The molecule has 14 heteroatoms. The summed E-state index contributed by atoms with van der Waals surface area (Å²) in [6.45, 7) is 5.79. The Labute approximate surface area is 280 Å². The normalized spacial score (nSPS) is 18.1. The molecule has 47 heavy (non-hydrogen) atoms. The number of carbonyl (C=O) groups is 1. The van der Waals surface area contributed by atoms with Crippen molar-refractivity contribution in [3.05, 3.63) is 40.9 Å². The molecule has 4 N–H and O–H groups in total. The number of hydrogen-bond acceptors (Lipinski definition) is 11. The van der Waals surface area contributed by atoms with Crippen LogP contribution in [0.5, 0.6) is 11.5 Å². The fourth-order valence-electron chi connectivity index (χ4n) is 5.36. The zero-order valence-corrected chi connectivity index (χ0v) is 27.9. The molecule has 2 unspecified atom stereocenters. The van der Waals surface area contributed by atoms with Gasteiger partial charge in [0.25, 0.3) is 5.91 Å². The molecule has 2 aromatic carbocycles. The second-order valence-electron chi connectivity index (χ2n) is 11.7. The van der Waals surface area contributed by atoms with Crippen molar-refractivity contribution in [3.8, 4) is 22.9 Å². The van der Waals surface area contributed by atoms with E-state index >= 15 is 0 Å². The first-order chi connectivity index (χ1) is 22.8. The van der Waals surface area contributed by atoms with E-state index in [1.54, 1.807) is 16.8 Å². The van der Waals surface area contributed by atoms with E-state index in [2.05, 4.69) is 16.0 Å². The second-order valence-corrected chi connectivity index (χ2v) is 12.1. The third-order valence-corrected chi connectivity index (χ3v) is 8.12. The standard InChI is InChI=1S/C33H44ClN7O6/c1-21(2)36-28(42)20-47-26-13-10-22(18-27(26)43-3)32-39-33(41(40-32)14-17-46-30-9-5-7-16-45-30)38-25-12-11-24(23(19-35)31(25)34)37-29-8-4-6-15-44-29/h10-13,18-19,21,29-30,35,37H,4-9,14-17,20H2,1-3H3,(H,36,42)(H,38,39,40). The maximum Gasteiger partial charge on any atom is 0.258 e. The number of anilines is 3. The van der Waals surface area contributed by atoms with E-state index in [4.69, 9.17) is 50.8 Å². The summed E-state index contributed by atoms with van der Waals surface area (Å²) in [5.41, 5.74) is 2.51. The number of amides is 1. The number of methoxy groups -OCH3 is 1. The number of benzene rings is 2. The summed E-state index contributed by atoms with van der Waals surface area (Å²) in [7, 11) is 1.53. The highest BCUT2D eigenvalue weighted by Gasteiger charge is 2.21. The highest BCUT2D eigenvalue weighted by atomic mass is 35.5. The molecule has 0 spiro atoms. The van der Waals surface area contributed by atoms with Crippen LogP contribution in [0.25, 0.3) is 11.4 Å². The largest absolute Gasteiger partial charge is 0.493 e. The summed E-state index contributed by atoms with van der Waals surface area (Å²) >= 11 is 6.85. The molecule has 1 amide bonds. The van der Waals surface area contributed by atoms with E-state index in [-0.39, 0.29) is 31.1 Å². The van der Waals surface area contributed by atoms with Crippen molar-refractivity contribution in [1.82, 2.24) is 20.1 Å². The van der Waals surface area contributed by atoms with E-state index in [0.29, 0.717) is 71.5 Å². The first-order valence-corrected chi connectivity index (χ1v) is 16.5. The van der Waals surface area contributed by atoms with Gasteiger partial charge in [-0.05, 0) is 82.7 Å². The summed E-state index contributed by atoms with van der Waals surface area (Å²) in [4.78, 5) is 16.9. The third kappa shape index (κ3) is 9.34. The number of hydrogen-bond donors (Lipinski definition) is 4. The molecule has 3 heterocycles. The zero-order chi connectivity index (χ0) is 33.2. The molecule has 0 bridgehead atoms. The van der Waals surface area contributed by atoms with Crippen molar-refractivity contribution in [3.63, 3.8) is 0 Å². The van der Waals surface area contributed by atoms with Crippen molar-refractivity contribution < 1.29 is 28.5 Å². The smallest absolute Gasteiger partial charge is 0.258 e. The maximum absolute atomic E-state index is 12.1. The van der Waals surface area contributed by atoms with Gasteiger partial charge < -0.3 is 45.0 Å². The molecular formula is C33H44ClN7O6.